The predicted molar refractivity (Wildman–Crippen MR) is 143 cm³/mol. The van der Waals surface area contributed by atoms with Crippen molar-refractivity contribution in [3.63, 3.8) is 0 Å². The molecule has 0 saturated heterocycles. The minimum atomic E-state index is -0.431. The molecule has 0 radical (unpaired) electrons. The van der Waals surface area contributed by atoms with Crippen molar-refractivity contribution >= 4 is 72.4 Å². The maximum absolute atomic E-state index is 12.1. The van der Waals surface area contributed by atoms with Crippen molar-refractivity contribution in [2.75, 3.05) is 12.4 Å². The Morgan fingerprint density at radius 3 is 2.56 bits per heavy atom. The number of benzene rings is 3. The van der Waals surface area contributed by atoms with Gasteiger partial charge in [-0.05, 0) is 88.7 Å². The summed E-state index contributed by atoms with van der Waals surface area (Å²) in [6.07, 6.45) is 1.55. The normalized spacial score (nSPS) is 10.8. The molecule has 2 amide bonds. The predicted octanol–water partition coefficient (Wildman–Crippen LogP) is 6.87. The number of rotatable bonds is 7. The second-order valence-corrected chi connectivity index (χ2v) is 9.67. The summed E-state index contributed by atoms with van der Waals surface area (Å²) in [7, 11) is 1.59. The molecule has 0 aliphatic carbocycles. The minimum Gasteiger partial charge on any atom is -0.493 e. The van der Waals surface area contributed by atoms with Crippen LogP contribution in [0, 0.1) is 10.5 Å². The monoisotopic (exact) mass is 671 g/mol. The van der Waals surface area contributed by atoms with Gasteiger partial charge >= 0.3 is 6.03 Å². The van der Waals surface area contributed by atoms with Crippen molar-refractivity contribution in [3.05, 3.63) is 83.8 Å². The van der Waals surface area contributed by atoms with Gasteiger partial charge in [-0.15, -0.1) is 0 Å². The number of urea groups is 1. The van der Waals surface area contributed by atoms with Crippen molar-refractivity contribution < 1.29 is 14.3 Å². The summed E-state index contributed by atoms with van der Waals surface area (Å²) in [5, 5.41) is 6.77. The van der Waals surface area contributed by atoms with E-state index in [1.54, 1.807) is 25.5 Å². The Balaban J connectivity index is 1.62. The molecule has 32 heavy (non-hydrogen) atoms. The molecule has 0 aliphatic rings. The molecule has 2 N–H and O–H groups in total. The average Bonchev–Trinajstić information content (AvgIpc) is 2.76. The highest BCUT2D eigenvalue weighted by atomic mass is 127. The molecule has 0 aromatic heterocycles. The SMILES string of the molecule is COc1cc(/C=N/NC(=O)Nc2ccc(Br)c(C)c2)cc(I)c1OCc1ccc(Br)cc1. The van der Waals surface area contributed by atoms with Crippen molar-refractivity contribution in [2.45, 2.75) is 13.5 Å². The Morgan fingerprint density at radius 2 is 1.88 bits per heavy atom. The van der Waals surface area contributed by atoms with Crippen LogP contribution in [0.3, 0.4) is 0 Å². The van der Waals surface area contributed by atoms with Gasteiger partial charge in [0.2, 0.25) is 0 Å². The van der Waals surface area contributed by atoms with Gasteiger partial charge in [-0.2, -0.15) is 5.10 Å². The number of hydrazone groups is 1. The molecular formula is C23H20Br2IN3O3. The van der Waals surface area contributed by atoms with Gasteiger partial charge in [-0.25, -0.2) is 10.2 Å². The van der Waals surface area contributed by atoms with E-state index in [2.05, 4.69) is 70.3 Å². The van der Waals surface area contributed by atoms with Gasteiger partial charge in [0.1, 0.15) is 6.61 Å². The molecule has 0 heterocycles. The second-order valence-electron chi connectivity index (χ2n) is 6.74. The first-order valence-electron chi connectivity index (χ1n) is 9.46. The summed E-state index contributed by atoms with van der Waals surface area (Å²) in [6, 6.07) is 16.8. The van der Waals surface area contributed by atoms with Crippen LogP contribution in [0.2, 0.25) is 0 Å². The van der Waals surface area contributed by atoms with Crippen molar-refractivity contribution in [1.29, 1.82) is 0 Å². The fourth-order valence-corrected chi connectivity index (χ4v) is 4.03. The van der Waals surface area contributed by atoms with Gasteiger partial charge in [0, 0.05) is 14.6 Å². The summed E-state index contributed by atoms with van der Waals surface area (Å²) in [5.74, 6) is 1.25. The molecule has 0 aliphatic heterocycles. The number of ether oxygens (including phenoxy) is 2. The Labute approximate surface area is 217 Å². The first kappa shape index (κ1) is 24.5. The Bertz CT molecular complexity index is 1140. The number of hydrogen-bond donors (Lipinski definition) is 2. The van der Waals surface area contributed by atoms with E-state index < -0.39 is 6.03 Å². The Kier molecular flexibility index (Phi) is 8.94. The lowest BCUT2D eigenvalue weighted by atomic mass is 10.2. The molecular weight excluding hydrogens is 653 g/mol. The van der Waals surface area contributed by atoms with Crippen LogP contribution in [0.5, 0.6) is 11.5 Å². The molecule has 166 valence electrons. The van der Waals surface area contributed by atoms with Gasteiger partial charge in [-0.1, -0.05) is 44.0 Å². The lowest BCUT2D eigenvalue weighted by Gasteiger charge is -2.13. The van der Waals surface area contributed by atoms with Crippen molar-refractivity contribution in [3.8, 4) is 11.5 Å². The number of methoxy groups -OCH3 is 1. The van der Waals surface area contributed by atoms with Crippen LogP contribution in [-0.4, -0.2) is 19.4 Å². The summed E-state index contributed by atoms with van der Waals surface area (Å²) in [5.41, 5.74) is 5.99. The zero-order valence-electron chi connectivity index (χ0n) is 17.3. The third-order valence-electron chi connectivity index (χ3n) is 4.34. The van der Waals surface area contributed by atoms with Gasteiger partial charge in [0.25, 0.3) is 0 Å². The van der Waals surface area contributed by atoms with E-state index in [1.807, 2.05) is 49.4 Å². The standard InChI is InChI=1S/C23H20Br2IN3O3/c1-14-9-18(7-8-19(14)25)28-23(30)29-27-12-16-10-20(26)22(21(11-16)31-2)32-13-15-3-5-17(24)6-4-15/h3-12H,13H2,1-2H3,(H2,28,29,30)/b27-12+. The van der Waals surface area contributed by atoms with Crippen molar-refractivity contribution in [1.82, 2.24) is 5.43 Å². The van der Waals surface area contributed by atoms with Crippen LogP contribution >= 0.6 is 54.5 Å². The van der Waals surface area contributed by atoms with E-state index in [-0.39, 0.29) is 0 Å². The lowest BCUT2D eigenvalue weighted by Crippen LogP contribution is -2.24. The summed E-state index contributed by atoms with van der Waals surface area (Å²) < 4.78 is 14.4. The number of nitrogens with zero attached hydrogens (tertiary/aromatic N) is 1. The van der Waals surface area contributed by atoms with E-state index in [1.165, 1.54) is 0 Å². The van der Waals surface area contributed by atoms with Crippen LogP contribution in [0.4, 0.5) is 10.5 Å². The molecule has 0 bridgehead atoms. The molecule has 0 fully saturated rings. The van der Waals surface area contributed by atoms with E-state index >= 15 is 0 Å². The quantitative estimate of drug-likeness (QED) is 0.164. The fourth-order valence-electron chi connectivity index (χ4n) is 2.74. The number of carbonyl (C=O) groups is 1. The van der Waals surface area contributed by atoms with Gasteiger partial charge in [-0.3, -0.25) is 0 Å². The van der Waals surface area contributed by atoms with Crippen LogP contribution in [0.25, 0.3) is 0 Å². The van der Waals surface area contributed by atoms with Crippen LogP contribution in [0.1, 0.15) is 16.7 Å². The molecule has 3 aromatic carbocycles. The third kappa shape index (κ3) is 6.94. The van der Waals surface area contributed by atoms with Gasteiger partial charge in [0.15, 0.2) is 11.5 Å². The summed E-state index contributed by atoms with van der Waals surface area (Å²) >= 11 is 9.06. The second kappa shape index (κ2) is 11.7. The number of aryl methyl sites for hydroxylation is 1. The van der Waals surface area contributed by atoms with E-state index in [4.69, 9.17) is 9.47 Å². The van der Waals surface area contributed by atoms with E-state index in [0.29, 0.717) is 23.8 Å². The first-order chi connectivity index (χ1) is 15.4. The van der Waals surface area contributed by atoms with Gasteiger partial charge < -0.3 is 14.8 Å². The smallest absolute Gasteiger partial charge is 0.339 e. The molecule has 0 unspecified atom stereocenters. The number of amides is 2. The average molecular weight is 673 g/mol. The maximum Gasteiger partial charge on any atom is 0.339 e. The maximum atomic E-state index is 12.1. The molecule has 0 spiro atoms. The fraction of sp³-hybridized carbons (Fsp3) is 0.130. The van der Waals surface area contributed by atoms with Gasteiger partial charge in [0.05, 0.1) is 16.9 Å². The van der Waals surface area contributed by atoms with E-state index in [0.717, 1.165) is 29.2 Å². The number of anilines is 1. The highest BCUT2D eigenvalue weighted by molar-refractivity contribution is 14.1. The highest BCUT2D eigenvalue weighted by Crippen LogP contribution is 2.34. The topological polar surface area (TPSA) is 72.0 Å². The molecule has 0 saturated carbocycles. The van der Waals surface area contributed by atoms with E-state index in [9.17, 15) is 4.79 Å². The highest BCUT2D eigenvalue weighted by Gasteiger charge is 2.12. The molecule has 3 rings (SSSR count). The molecule has 3 aromatic rings. The van der Waals surface area contributed by atoms with Crippen LogP contribution in [0.15, 0.2) is 68.6 Å². The van der Waals surface area contributed by atoms with Crippen LogP contribution < -0.4 is 20.2 Å². The zero-order valence-corrected chi connectivity index (χ0v) is 22.6. The summed E-state index contributed by atoms with van der Waals surface area (Å²) in [4.78, 5) is 12.1. The lowest BCUT2D eigenvalue weighted by molar-refractivity contribution is 0.252. The Hall–Kier alpha value is -2.11. The Morgan fingerprint density at radius 1 is 1.12 bits per heavy atom. The third-order valence-corrected chi connectivity index (χ3v) is 6.56. The minimum absolute atomic E-state index is 0.421. The van der Waals surface area contributed by atoms with Crippen LogP contribution in [-0.2, 0) is 6.61 Å². The molecule has 6 nitrogen and oxygen atoms in total. The largest absolute Gasteiger partial charge is 0.493 e. The molecule has 9 heteroatoms. The number of nitrogens with one attached hydrogen (secondary N) is 2. The first-order valence-corrected chi connectivity index (χ1v) is 12.1. The van der Waals surface area contributed by atoms with Crippen molar-refractivity contribution in [2.24, 2.45) is 5.10 Å². The number of halogens is 3. The number of carbonyl (C=O) groups excluding carboxylic acids is 1. The summed E-state index contributed by atoms with van der Waals surface area (Å²) in [6.45, 7) is 2.37. The zero-order chi connectivity index (χ0) is 23.1. The molecule has 0 atom stereocenters. The number of hydrogen-bond acceptors (Lipinski definition) is 4.